The summed E-state index contributed by atoms with van der Waals surface area (Å²) in [5.41, 5.74) is 1.70. The molecule has 1 aromatic heterocycles. The number of rotatable bonds is 0. The number of imidazole rings is 1. The van der Waals surface area contributed by atoms with Crippen LogP contribution < -0.4 is 11.0 Å². The van der Waals surface area contributed by atoms with Gasteiger partial charge in [-0.15, -0.1) is 0 Å². The number of nitrogens with one attached hydrogen (secondary N) is 2. The lowest BCUT2D eigenvalue weighted by Gasteiger charge is -2.07. The molecule has 1 aliphatic rings. The Morgan fingerprint density at radius 3 is 2.35 bits per heavy atom. The fourth-order valence-electron chi connectivity index (χ4n) is 1.89. The zero-order valence-electron chi connectivity index (χ0n) is 10.9. The van der Waals surface area contributed by atoms with Gasteiger partial charge < -0.3 is 4.98 Å². The van der Waals surface area contributed by atoms with Gasteiger partial charge in [-0.2, -0.15) is 0 Å². The Kier molecular flexibility index (Phi) is 4.39. The fraction of sp³-hybridized carbons (Fsp3) is 0.308. The lowest BCUT2D eigenvalue weighted by molar-refractivity contribution is -0.132. The number of fused-ring (bicyclic) bond motifs is 1. The van der Waals surface area contributed by atoms with Crippen LogP contribution in [0.1, 0.15) is 19.3 Å². The third-order valence-electron chi connectivity index (χ3n) is 2.95. The number of H-pyrrole nitrogens is 1. The zero-order valence-corrected chi connectivity index (χ0v) is 12.5. The third-order valence-corrected chi connectivity index (χ3v) is 3.45. The van der Waals surface area contributed by atoms with E-state index in [1.54, 1.807) is 11.6 Å². The Hall–Kier alpha value is -1.89. The molecule has 0 unspecified atom stereocenters. The van der Waals surface area contributed by atoms with E-state index in [0.717, 1.165) is 15.5 Å². The maximum atomic E-state index is 11.1. The molecule has 6 nitrogen and oxygen atoms in total. The highest BCUT2D eigenvalue weighted by Crippen LogP contribution is 2.16. The minimum absolute atomic E-state index is 0.0805. The lowest BCUT2D eigenvalue weighted by Crippen LogP contribution is -2.33. The number of imide groups is 1. The first kappa shape index (κ1) is 14.5. The van der Waals surface area contributed by atoms with E-state index in [1.165, 1.54) is 0 Å². The van der Waals surface area contributed by atoms with Crippen molar-refractivity contribution < 1.29 is 9.59 Å². The monoisotopic (exact) mass is 339 g/mol. The van der Waals surface area contributed by atoms with E-state index >= 15 is 0 Å². The Morgan fingerprint density at radius 1 is 1.15 bits per heavy atom. The molecule has 2 amide bonds. The van der Waals surface area contributed by atoms with Gasteiger partial charge in [-0.25, -0.2) is 4.79 Å². The SMILES string of the molecule is Cn1c(=O)[nH]c2ccc(Br)cc21.O=C1CCCC(=O)N1. The van der Waals surface area contributed by atoms with Crippen molar-refractivity contribution in [3.05, 3.63) is 33.2 Å². The maximum absolute atomic E-state index is 11.1. The van der Waals surface area contributed by atoms with Crippen molar-refractivity contribution in [2.24, 2.45) is 7.05 Å². The van der Waals surface area contributed by atoms with Gasteiger partial charge in [0.1, 0.15) is 0 Å². The number of nitrogens with zero attached hydrogens (tertiary/aromatic N) is 1. The van der Waals surface area contributed by atoms with Crippen molar-refractivity contribution in [2.45, 2.75) is 19.3 Å². The molecule has 0 aliphatic carbocycles. The number of carbonyl (C=O) groups excluding carboxylic acids is 2. The summed E-state index contributed by atoms with van der Waals surface area (Å²) in [5, 5.41) is 2.20. The number of hydrogen-bond donors (Lipinski definition) is 2. The van der Waals surface area contributed by atoms with E-state index < -0.39 is 0 Å². The number of amides is 2. The standard InChI is InChI=1S/C8H7BrN2O.C5H7NO2/c1-11-7-4-5(9)2-3-6(7)10-8(11)12;7-4-2-1-3-5(8)6-4/h2-4H,1H3,(H,10,12);1-3H2,(H,6,7,8). The van der Waals surface area contributed by atoms with Crippen LogP contribution in [0.5, 0.6) is 0 Å². The summed E-state index contributed by atoms with van der Waals surface area (Å²) in [6.07, 6.45) is 1.72. The first-order valence-corrected chi connectivity index (χ1v) is 6.93. The van der Waals surface area contributed by atoms with Gasteiger partial charge in [0.05, 0.1) is 11.0 Å². The average Bonchev–Trinajstić information content (AvgIpc) is 2.66. The van der Waals surface area contributed by atoms with Gasteiger partial charge in [-0.3, -0.25) is 19.5 Å². The van der Waals surface area contributed by atoms with E-state index in [-0.39, 0.29) is 17.5 Å². The van der Waals surface area contributed by atoms with Crippen molar-refractivity contribution in [2.75, 3.05) is 0 Å². The maximum Gasteiger partial charge on any atom is 0.326 e. The largest absolute Gasteiger partial charge is 0.326 e. The third kappa shape index (κ3) is 3.36. The number of hydrogen-bond acceptors (Lipinski definition) is 3. The van der Waals surface area contributed by atoms with Gasteiger partial charge in [0.2, 0.25) is 11.8 Å². The predicted octanol–water partition coefficient (Wildman–Crippen LogP) is 1.44. The first-order chi connectivity index (χ1) is 9.47. The molecule has 1 aliphatic heterocycles. The summed E-state index contributed by atoms with van der Waals surface area (Å²) in [7, 11) is 1.74. The molecular weight excluding hydrogens is 326 g/mol. The lowest BCUT2D eigenvalue weighted by atomic mass is 10.1. The van der Waals surface area contributed by atoms with Gasteiger partial charge in [-0.05, 0) is 24.6 Å². The van der Waals surface area contributed by atoms with Gasteiger partial charge in [0.15, 0.2) is 0 Å². The topological polar surface area (TPSA) is 84.0 Å². The number of aromatic nitrogens is 2. The van der Waals surface area contributed by atoms with Crippen LogP contribution in [0.2, 0.25) is 0 Å². The summed E-state index contributed by atoms with van der Waals surface area (Å²) in [6, 6.07) is 5.69. The Bertz CT molecular complexity index is 703. The molecular formula is C13H14BrN3O3. The van der Waals surface area contributed by atoms with E-state index in [2.05, 4.69) is 26.2 Å². The quantitative estimate of drug-likeness (QED) is 0.712. The molecule has 0 saturated carbocycles. The highest BCUT2D eigenvalue weighted by molar-refractivity contribution is 9.10. The molecule has 7 heteroatoms. The van der Waals surface area contributed by atoms with Crippen LogP contribution in [0.15, 0.2) is 27.5 Å². The van der Waals surface area contributed by atoms with Crippen LogP contribution in [-0.2, 0) is 16.6 Å². The summed E-state index contributed by atoms with van der Waals surface area (Å²) < 4.78 is 2.56. The van der Waals surface area contributed by atoms with Crippen molar-refractivity contribution >= 4 is 38.8 Å². The van der Waals surface area contributed by atoms with Crippen LogP contribution in [0.3, 0.4) is 0 Å². The minimum Gasteiger partial charge on any atom is -0.306 e. The number of aryl methyl sites for hydroxylation is 1. The molecule has 1 aromatic carbocycles. The second-order valence-corrected chi connectivity index (χ2v) is 5.39. The summed E-state index contributed by atoms with van der Waals surface area (Å²) in [4.78, 5) is 34.6. The van der Waals surface area contributed by atoms with Crippen molar-refractivity contribution in [1.82, 2.24) is 14.9 Å². The van der Waals surface area contributed by atoms with Crippen molar-refractivity contribution in [3.63, 3.8) is 0 Å². The number of carbonyl (C=O) groups is 2. The molecule has 0 radical (unpaired) electrons. The number of benzene rings is 1. The number of halogens is 1. The summed E-state index contributed by atoms with van der Waals surface area (Å²) in [6.45, 7) is 0. The summed E-state index contributed by atoms with van der Waals surface area (Å²) in [5.74, 6) is -0.275. The molecule has 0 bridgehead atoms. The van der Waals surface area contributed by atoms with Crippen molar-refractivity contribution in [3.8, 4) is 0 Å². The van der Waals surface area contributed by atoms with Gasteiger partial charge in [0, 0.05) is 24.4 Å². The van der Waals surface area contributed by atoms with Crippen LogP contribution in [-0.4, -0.2) is 21.4 Å². The molecule has 0 spiro atoms. The second kappa shape index (κ2) is 6.04. The highest BCUT2D eigenvalue weighted by Gasteiger charge is 2.13. The van der Waals surface area contributed by atoms with Gasteiger partial charge in [0.25, 0.3) is 0 Å². The van der Waals surface area contributed by atoms with Crippen LogP contribution in [0.4, 0.5) is 0 Å². The zero-order chi connectivity index (χ0) is 14.7. The Labute approximate surface area is 123 Å². The van der Waals surface area contributed by atoms with E-state index in [4.69, 9.17) is 0 Å². The van der Waals surface area contributed by atoms with Crippen LogP contribution in [0, 0.1) is 0 Å². The molecule has 1 fully saturated rings. The van der Waals surface area contributed by atoms with Crippen LogP contribution >= 0.6 is 15.9 Å². The molecule has 0 atom stereocenters. The molecule has 1 saturated heterocycles. The predicted molar refractivity (Wildman–Crippen MR) is 78.2 cm³/mol. The first-order valence-electron chi connectivity index (χ1n) is 6.14. The molecule has 2 heterocycles. The average molecular weight is 340 g/mol. The second-order valence-electron chi connectivity index (χ2n) is 4.48. The van der Waals surface area contributed by atoms with E-state index in [9.17, 15) is 14.4 Å². The Morgan fingerprint density at radius 2 is 1.80 bits per heavy atom. The highest BCUT2D eigenvalue weighted by atomic mass is 79.9. The molecule has 2 N–H and O–H groups in total. The Balaban J connectivity index is 0.000000160. The smallest absolute Gasteiger partial charge is 0.306 e. The molecule has 106 valence electrons. The molecule has 20 heavy (non-hydrogen) atoms. The van der Waals surface area contributed by atoms with Gasteiger partial charge >= 0.3 is 5.69 Å². The van der Waals surface area contributed by atoms with Crippen LogP contribution in [0.25, 0.3) is 11.0 Å². The fourth-order valence-corrected chi connectivity index (χ4v) is 2.24. The van der Waals surface area contributed by atoms with E-state index in [1.807, 2.05) is 18.2 Å². The summed E-state index contributed by atoms with van der Waals surface area (Å²) >= 11 is 3.35. The normalized spacial score (nSPS) is 14.7. The number of aromatic amines is 1. The number of piperidine rings is 1. The van der Waals surface area contributed by atoms with Gasteiger partial charge in [-0.1, -0.05) is 15.9 Å². The molecule has 3 rings (SSSR count). The van der Waals surface area contributed by atoms with E-state index in [0.29, 0.717) is 19.3 Å². The molecule has 2 aromatic rings. The van der Waals surface area contributed by atoms with Crippen molar-refractivity contribution in [1.29, 1.82) is 0 Å². The minimum atomic E-state index is -0.138.